The molecule has 4 heteroatoms. The molecule has 0 saturated carbocycles. The van der Waals surface area contributed by atoms with Crippen molar-refractivity contribution in [3.05, 3.63) is 36.0 Å². The largest absolute Gasteiger partial charge is 0.361 e. The van der Waals surface area contributed by atoms with Gasteiger partial charge in [0, 0.05) is 30.4 Å². The number of nitrogens with two attached hydrogens (primary N) is 1. The Kier molecular flexibility index (Phi) is 3.25. The van der Waals surface area contributed by atoms with Gasteiger partial charge in [-0.2, -0.15) is 0 Å². The summed E-state index contributed by atoms with van der Waals surface area (Å²) in [4.78, 5) is 17.5. The highest BCUT2D eigenvalue weighted by atomic mass is 16.2. The van der Waals surface area contributed by atoms with Crippen LogP contribution in [0.1, 0.15) is 23.2 Å². The van der Waals surface area contributed by atoms with E-state index in [1.165, 1.54) is 0 Å². The molecule has 1 fully saturated rings. The molecule has 2 heterocycles. The fourth-order valence-electron chi connectivity index (χ4n) is 2.74. The van der Waals surface area contributed by atoms with Crippen molar-refractivity contribution in [3.8, 4) is 0 Å². The standard InChI is InChI=1S/C15H19N3O/c16-10-11-4-7-18(8-5-11)15(19)13-2-1-12-3-6-17-14(12)9-13/h1-3,6,9,11,17H,4-5,7-8,10,16H2. The van der Waals surface area contributed by atoms with Crippen LogP contribution in [0.25, 0.3) is 10.9 Å². The van der Waals surface area contributed by atoms with E-state index in [1.54, 1.807) is 0 Å². The predicted molar refractivity (Wildman–Crippen MR) is 76.0 cm³/mol. The summed E-state index contributed by atoms with van der Waals surface area (Å²) in [6.07, 6.45) is 3.94. The number of rotatable bonds is 2. The number of carbonyl (C=O) groups excluding carboxylic acids is 1. The number of hydrogen-bond acceptors (Lipinski definition) is 2. The van der Waals surface area contributed by atoms with Crippen LogP contribution in [0.2, 0.25) is 0 Å². The topological polar surface area (TPSA) is 62.1 Å². The summed E-state index contributed by atoms with van der Waals surface area (Å²) in [7, 11) is 0. The van der Waals surface area contributed by atoms with Gasteiger partial charge in [-0.15, -0.1) is 0 Å². The molecule has 2 aromatic rings. The monoisotopic (exact) mass is 257 g/mol. The number of amides is 1. The lowest BCUT2D eigenvalue weighted by Gasteiger charge is -2.31. The number of fused-ring (bicyclic) bond motifs is 1. The summed E-state index contributed by atoms with van der Waals surface area (Å²) in [6.45, 7) is 2.38. The predicted octanol–water partition coefficient (Wildman–Crippen LogP) is 1.98. The van der Waals surface area contributed by atoms with Crippen molar-refractivity contribution in [1.82, 2.24) is 9.88 Å². The third-order valence-electron chi connectivity index (χ3n) is 4.04. The highest BCUT2D eigenvalue weighted by molar-refractivity contribution is 5.97. The van der Waals surface area contributed by atoms with Crippen LogP contribution in [0.3, 0.4) is 0 Å². The molecule has 0 spiro atoms. The number of H-pyrrole nitrogens is 1. The summed E-state index contributed by atoms with van der Waals surface area (Å²) < 4.78 is 0. The molecule has 0 bridgehead atoms. The smallest absolute Gasteiger partial charge is 0.253 e. The van der Waals surface area contributed by atoms with Crippen LogP contribution in [-0.2, 0) is 0 Å². The van der Waals surface area contributed by atoms with Gasteiger partial charge in [0.25, 0.3) is 5.91 Å². The van der Waals surface area contributed by atoms with Crippen LogP contribution in [0.4, 0.5) is 0 Å². The van der Waals surface area contributed by atoms with E-state index in [9.17, 15) is 4.79 Å². The normalized spacial score (nSPS) is 17.0. The van der Waals surface area contributed by atoms with Gasteiger partial charge < -0.3 is 15.6 Å². The minimum atomic E-state index is 0.131. The molecule has 1 aromatic carbocycles. The molecule has 1 saturated heterocycles. The van der Waals surface area contributed by atoms with Crippen LogP contribution < -0.4 is 5.73 Å². The molecule has 1 amide bonds. The molecule has 0 atom stereocenters. The van der Waals surface area contributed by atoms with Gasteiger partial charge in [0.05, 0.1) is 0 Å². The van der Waals surface area contributed by atoms with Gasteiger partial charge >= 0.3 is 0 Å². The lowest BCUT2D eigenvalue weighted by molar-refractivity contribution is 0.0693. The molecular formula is C15H19N3O. The third-order valence-corrected chi connectivity index (χ3v) is 4.04. The van der Waals surface area contributed by atoms with Crippen LogP contribution in [0.5, 0.6) is 0 Å². The number of aromatic amines is 1. The van der Waals surface area contributed by atoms with E-state index in [0.717, 1.165) is 48.9 Å². The lowest BCUT2D eigenvalue weighted by atomic mass is 9.96. The molecule has 100 valence electrons. The van der Waals surface area contributed by atoms with Crippen molar-refractivity contribution in [3.63, 3.8) is 0 Å². The van der Waals surface area contributed by atoms with Gasteiger partial charge in [-0.1, -0.05) is 6.07 Å². The number of benzene rings is 1. The molecule has 1 aromatic heterocycles. The van der Waals surface area contributed by atoms with E-state index in [0.29, 0.717) is 5.92 Å². The number of likely N-dealkylation sites (tertiary alicyclic amines) is 1. The first-order valence-corrected chi connectivity index (χ1v) is 6.84. The van der Waals surface area contributed by atoms with Crippen molar-refractivity contribution >= 4 is 16.8 Å². The molecule has 1 aliphatic heterocycles. The average molecular weight is 257 g/mol. The van der Waals surface area contributed by atoms with Gasteiger partial charge in [0.1, 0.15) is 0 Å². The van der Waals surface area contributed by atoms with Crippen molar-refractivity contribution in [2.75, 3.05) is 19.6 Å². The molecule has 0 radical (unpaired) electrons. The summed E-state index contributed by atoms with van der Waals surface area (Å²) >= 11 is 0. The molecule has 0 aliphatic carbocycles. The first-order valence-electron chi connectivity index (χ1n) is 6.84. The Hall–Kier alpha value is -1.81. The van der Waals surface area contributed by atoms with Crippen LogP contribution in [0, 0.1) is 5.92 Å². The quantitative estimate of drug-likeness (QED) is 0.864. The van der Waals surface area contributed by atoms with Crippen LogP contribution >= 0.6 is 0 Å². The number of aromatic nitrogens is 1. The van der Waals surface area contributed by atoms with Gasteiger partial charge in [-0.25, -0.2) is 0 Å². The number of nitrogens with one attached hydrogen (secondary N) is 1. The molecule has 3 N–H and O–H groups in total. The molecule has 4 nitrogen and oxygen atoms in total. The van der Waals surface area contributed by atoms with E-state index in [-0.39, 0.29) is 5.91 Å². The van der Waals surface area contributed by atoms with Crippen molar-refractivity contribution in [2.45, 2.75) is 12.8 Å². The first kappa shape index (κ1) is 12.2. The van der Waals surface area contributed by atoms with Gasteiger partial charge in [-0.3, -0.25) is 4.79 Å². The maximum atomic E-state index is 12.4. The fraction of sp³-hybridized carbons (Fsp3) is 0.400. The summed E-state index contributed by atoms with van der Waals surface area (Å²) in [5.41, 5.74) is 7.46. The second kappa shape index (κ2) is 5.05. The van der Waals surface area contributed by atoms with E-state index >= 15 is 0 Å². The second-order valence-corrected chi connectivity index (χ2v) is 5.25. The first-order chi connectivity index (χ1) is 9.28. The highest BCUT2D eigenvalue weighted by Gasteiger charge is 2.22. The zero-order chi connectivity index (χ0) is 13.2. The maximum Gasteiger partial charge on any atom is 0.253 e. The summed E-state index contributed by atoms with van der Waals surface area (Å²) in [5.74, 6) is 0.710. The Balaban J connectivity index is 1.76. The van der Waals surface area contributed by atoms with Crippen molar-refractivity contribution < 1.29 is 4.79 Å². The van der Waals surface area contributed by atoms with E-state index in [4.69, 9.17) is 5.73 Å². The number of nitrogens with zero attached hydrogens (tertiary/aromatic N) is 1. The summed E-state index contributed by atoms with van der Waals surface area (Å²) in [5, 5.41) is 1.14. The fourth-order valence-corrected chi connectivity index (χ4v) is 2.74. The van der Waals surface area contributed by atoms with Gasteiger partial charge in [-0.05, 0) is 48.9 Å². The number of hydrogen-bond donors (Lipinski definition) is 2. The van der Waals surface area contributed by atoms with E-state index in [1.807, 2.05) is 35.4 Å². The molecule has 3 rings (SSSR count). The second-order valence-electron chi connectivity index (χ2n) is 5.25. The van der Waals surface area contributed by atoms with Gasteiger partial charge in [0.15, 0.2) is 0 Å². The minimum absolute atomic E-state index is 0.131. The van der Waals surface area contributed by atoms with E-state index in [2.05, 4.69) is 4.98 Å². The highest BCUT2D eigenvalue weighted by Crippen LogP contribution is 2.20. The van der Waals surface area contributed by atoms with Crippen molar-refractivity contribution in [1.29, 1.82) is 0 Å². The Labute approximate surface area is 112 Å². The van der Waals surface area contributed by atoms with Crippen LogP contribution in [-0.4, -0.2) is 35.4 Å². The van der Waals surface area contributed by atoms with Crippen molar-refractivity contribution in [2.24, 2.45) is 11.7 Å². The average Bonchev–Trinajstić information content (AvgIpc) is 2.94. The molecule has 19 heavy (non-hydrogen) atoms. The Morgan fingerprint density at radius 1 is 1.32 bits per heavy atom. The lowest BCUT2D eigenvalue weighted by Crippen LogP contribution is -2.40. The molecule has 1 aliphatic rings. The van der Waals surface area contributed by atoms with Gasteiger partial charge in [0.2, 0.25) is 0 Å². The Bertz CT molecular complexity index is 582. The molecular weight excluding hydrogens is 238 g/mol. The molecule has 0 unspecified atom stereocenters. The maximum absolute atomic E-state index is 12.4. The third kappa shape index (κ3) is 2.36. The Morgan fingerprint density at radius 3 is 2.84 bits per heavy atom. The van der Waals surface area contributed by atoms with E-state index < -0.39 is 0 Å². The summed E-state index contributed by atoms with van der Waals surface area (Å²) in [6, 6.07) is 7.85. The van der Waals surface area contributed by atoms with Crippen LogP contribution in [0.15, 0.2) is 30.5 Å². The number of piperidine rings is 1. The zero-order valence-electron chi connectivity index (χ0n) is 10.9. The zero-order valence-corrected chi connectivity index (χ0v) is 10.9. The minimum Gasteiger partial charge on any atom is -0.361 e. The number of carbonyl (C=O) groups is 1. The Morgan fingerprint density at radius 2 is 2.11 bits per heavy atom. The SMILES string of the molecule is NCC1CCN(C(=O)c2ccc3cc[nH]c3c2)CC1.